The molecule has 0 aliphatic heterocycles. The fraction of sp³-hybridized carbons (Fsp3) is 0.385. The molecule has 3 rings (SSSR count). The zero-order valence-corrected chi connectivity index (χ0v) is 9.85. The second-order valence-electron chi connectivity index (χ2n) is 4.57. The SMILES string of the molecule is O=C(NCCc1nc2ccc(O)cc2o1)C1CC1. The zero-order valence-electron chi connectivity index (χ0n) is 9.85. The topological polar surface area (TPSA) is 75.4 Å². The summed E-state index contributed by atoms with van der Waals surface area (Å²) in [5.74, 6) is 1.09. The third kappa shape index (κ3) is 2.30. The molecule has 18 heavy (non-hydrogen) atoms. The van der Waals surface area contributed by atoms with Gasteiger partial charge < -0.3 is 14.8 Å². The van der Waals surface area contributed by atoms with Crippen LogP contribution < -0.4 is 5.32 Å². The quantitative estimate of drug-likeness (QED) is 0.859. The maximum Gasteiger partial charge on any atom is 0.223 e. The smallest absolute Gasteiger partial charge is 0.223 e. The van der Waals surface area contributed by atoms with Crippen molar-refractivity contribution in [1.82, 2.24) is 10.3 Å². The Hall–Kier alpha value is -2.04. The van der Waals surface area contributed by atoms with Gasteiger partial charge in [-0.1, -0.05) is 0 Å². The number of oxazole rings is 1. The highest BCUT2D eigenvalue weighted by Crippen LogP contribution is 2.28. The van der Waals surface area contributed by atoms with Crippen LogP contribution >= 0.6 is 0 Å². The molecule has 94 valence electrons. The van der Waals surface area contributed by atoms with Crippen molar-refractivity contribution in [3.63, 3.8) is 0 Å². The molecule has 2 N–H and O–H groups in total. The van der Waals surface area contributed by atoms with Crippen LogP contribution in [0.5, 0.6) is 5.75 Å². The van der Waals surface area contributed by atoms with E-state index in [0.29, 0.717) is 24.4 Å². The van der Waals surface area contributed by atoms with E-state index in [1.54, 1.807) is 12.1 Å². The standard InChI is InChI=1S/C13H14N2O3/c16-9-3-4-10-11(7-9)18-12(15-10)5-6-14-13(17)8-1-2-8/h3-4,7-8,16H,1-2,5-6H2,(H,14,17). The minimum atomic E-state index is 0.128. The summed E-state index contributed by atoms with van der Waals surface area (Å²) >= 11 is 0. The van der Waals surface area contributed by atoms with Crippen molar-refractivity contribution < 1.29 is 14.3 Å². The number of carbonyl (C=O) groups excluding carboxylic acids is 1. The van der Waals surface area contributed by atoms with Gasteiger partial charge in [0, 0.05) is 24.9 Å². The highest BCUT2D eigenvalue weighted by Gasteiger charge is 2.29. The summed E-state index contributed by atoms with van der Waals surface area (Å²) in [5, 5.41) is 12.2. The summed E-state index contributed by atoms with van der Waals surface area (Å²) in [4.78, 5) is 15.7. The number of phenols is 1. The first-order chi connectivity index (χ1) is 8.72. The first-order valence-corrected chi connectivity index (χ1v) is 6.08. The van der Waals surface area contributed by atoms with E-state index in [1.165, 1.54) is 6.07 Å². The molecule has 1 amide bonds. The van der Waals surface area contributed by atoms with Crippen LogP contribution in [0.4, 0.5) is 0 Å². The summed E-state index contributed by atoms with van der Waals surface area (Å²) < 4.78 is 5.48. The van der Waals surface area contributed by atoms with E-state index in [0.717, 1.165) is 18.4 Å². The summed E-state index contributed by atoms with van der Waals surface area (Å²) in [5.41, 5.74) is 1.29. The van der Waals surface area contributed by atoms with Crippen LogP contribution in [0.1, 0.15) is 18.7 Å². The molecule has 1 heterocycles. The van der Waals surface area contributed by atoms with Crippen LogP contribution in [0.25, 0.3) is 11.1 Å². The van der Waals surface area contributed by atoms with Crippen LogP contribution in [-0.4, -0.2) is 22.5 Å². The molecule has 0 saturated heterocycles. The number of phenolic OH excluding ortho intramolecular Hbond substituents is 1. The molecule has 1 aromatic heterocycles. The Bertz CT molecular complexity index is 587. The monoisotopic (exact) mass is 246 g/mol. The van der Waals surface area contributed by atoms with Gasteiger partial charge in [-0.05, 0) is 25.0 Å². The highest BCUT2D eigenvalue weighted by atomic mass is 16.3. The number of benzene rings is 1. The van der Waals surface area contributed by atoms with E-state index in [2.05, 4.69) is 10.3 Å². The molecule has 5 nitrogen and oxygen atoms in total. The Morgan fingerprint density at radius 1 is 1.50 bits per heavy atom. The van der Waals surface area contributed by atoms with Gasteiger partial charge in [0.1, 0.15) is 11.3 Å². The molecular weight excluding hydrogens is 232 g/mol. The lowest BCUT2D eigenvalue weighted by molar-refractivity contribution is -0.122. The lowest BCUT2D eigenvalue weighted by Gasteiger charge is -2.00. The number of amides is 1. The molecule has 1 aliphatic carbocycles. The number of nitrogens with zero attached hydrogens (tertiary/aromatic N) is 1. The van der Waals surface area contributed by atoms with Gasteiger partial charge in [0.05, 0.1) is 0 Å². The van der Waals surface area contributed by atoms with Crippen LogP contribution in [-0.2, 0) is 11.2 Å². The van der Waals surface area contributed by atoms with Gasteiger partial charge in [-0.3, -0.25) is 4.79 Å². The predicted molar refractivity (Wildman–Crippen MR) is 65.1 cm³/mol. The van der Waals surface area contributed by atoms with E-state index in [9.17, 15) is 9.90 Å². The molecule has 1 aliphatic rings. The van der Waals surface area contributed by atoms with Crippen molar-refractivity contribution in [2.24, 2.45) is 5.92 Å². The molecule has 2 aromatic rings. The Balaban J connectivity index is 1.61. The summed E-state index contributed by atoms with van der Waals surface area (Å²) in [6.45, 7) is 0.536. The van der Waals surface area contributed by atoms with Gasteiger partial charge in [0.15, 0.2) is 11.5 Å². The van der Waals surface area contributed by atoms with Crippen molar-refractivity contribution in [3.8, 4) is 5.75 Å². The minimum absolute atomic E-state index is 0.128. The Kier molecular flexibility index (Phi) is 2.66. The first-order valence-electron chi connectivity index (χ1n) is 6.08. The maximum atomic E-state index is 11.4. The number of rotatable bonds is 4. The summed E-state index contributed by atoms with van der Waals surface area (Å²) in [7, 11) is 0. The van der Waals surface area contributed by atoms with Crippen LogP contribution in [0.2, 0.25) is 0 Å². The van der Waals surface area contributed by atoms with Gasteiger partial charge >= 0.3 is 0 Å². The van der Waals surface area contributed by atoms with Crippen molar-refractivity contribution in [1.29, 1.82) is 0 Å². The van der Waals surface area contributed by atoms with Crippen molar-refractivity contribution in [2.45, 2.75) is 19.3 Å². The van der Waals surface area contributed by atoms with Gasteiger partial charge in [-0.2, -0.15) is 0 Å². The third-order valence-corrected chi connectivity index (χ3v) is 3.00. The lowest BCUT2D eigenvalue weighted by Crippen LogP contribution is -2.26. The molecule has 5 heteroatoms. The summed E-state index contributed by atoms with van der Waals surface area (Å²) in [6, 6.07) is 4.82. The fourth-order valence-corrected chi connectivity index (χ4v) is 1.85. The molecule has 1 saturated carbocycles. The van der Waals surface area contributed by atoms with E-state index in [4.69, 9.17) is 4.42 Å². The van der Waals surface area contributed by atoms with E-state index >= 15 is 0 Å². The predicted octanol–water partition coefficient (Wildman–Crippen LogP) is 1.60. The lowest BCUT2D eigenvalue weighted by atomic mass is 10.3. The maximum absolute atomic E-state index is 11.4. The molecule has 1 fully saturated rings. The van der Waals surface area contributed by atoms with Gasteiger partial charge in [0.2, 0.25) is 5.91 Å². The molecule has 0 atom stereocenters. The number of nitrogens with one attached hydrogen (secondary N) is 1. The number of carbonyl (C=O) groups is 1. The number of aromatic hydroxyl groups is 1. The largest absolute Gasteiger partial charge is 0.508 e. The molecule has 0 unspecified atom stereocenters. The average Bonchev–Trinajstić information content (AvgIpc) is 3.11. The highest BCUT2D eigenvalue weighted by molar-refractivity contribution is 5.80. The fourth-order valence-electron chi connectivity index (χ4n) is 1.85. The first kappa shape index (κ1) is 11.1. The van der Waals surface area contributed by atoms with Crippen molar-refractivity contribution in [2.75, 3.05) is 6.54 Å². The number of aromatic nitrogens is 1. The Labute approximate surface area is 104 Å². The van der Waals surface area contributed by atoms with Crippen molar-refractivity contribution in [3.05, 3.63) is 24.1 Å². The molecular formula is C13H14N2O3. The van der Waals surface area contributed by atoms with Gasteiger partial charge in [-0.15, -0.1) is 0 Å². The average molecular weight is 246 g/mol. The van der Waals surface area contributed by atoms with Gasteiger partial charge in [0.25, 0.3) is 0 Å². The minimum Gasteiger partial charge on any atom is -0.508 e. The van der Waals surface area contributed by atoms with Crippen LogP contribution in [0.15, 0.2) is 22.6 Å². The normalized spacial score (nSPS) is 14.9. The zero-order chi connectivity index (χ0) is 12.5. The van der Waals surface area contributed by atoms with E-state index in [-0.39, 0.29) is 17.6 Å². The van der Waals surface area contributed by atoms with E-state index < -0.39 is 0 Å². The molecule has 0 spiro atoms. The second-order valence-corrected chi connectivity index (χ2v) is 4.57. The number of hydrogen-bond acceptors (Lipinski definition) is 4. The van der Waals surface area contributed by atoms with Gasteiger partial charge in [-0.25, -0.2) is 4.98 Å². The van der Waals surface area contributed by atoms with Crippen LogP contribution in [0, 0.1) is 5.92 Å². The Morgan fingerprint density at radius 3 is 3.11 bits per heavy atom. The molecule has 1 aromatic carbocycles. The number of fused-ring (bicyclic) bond motifs is 1. The van der Waals surface area contributed by atoms with E-state index in [1.807, 2.05) is 0 Å². The second kappa shape index (κ2) is 4.33. The summed E-state index contributed by atoms with van der Waals surface area (Å²) in [6.07, 6.45) is 2.58. The van der Waals surface area contributed by atoms with Crippen LogP contribution in [0.3, 0.4) is 0 Å². The molecule has 0 bridgehead atoms. The van der Waals surface area contributed by atoms with Crippen molar-refractivity contribution >= 4 is 17.0 Å². The third-order valence-electron chi connectivity index (χ3n) is 3.00. The number of hydrogen-bond donors (Lipinski definition) is 2. The molecule has 0 radical (unpaired) electrons. The Morgan fingerprint density at radius 2 is 2.33 bits per heavy atom.